The molecule has 1 amide bonds. The average molecular weight is 273 g/mol. The highest BCUT2D eigenvalue weighted by Crippen LogP contribution is 2.30. The molecule has 0 saturated carbocycles. The number of likely N-dealkylation sites (tertiary alicyclic amines) is 1. The number of carboxylic acids is 1. The number of carbonyl (C=O) groups excluding carboxylic acids is 1. The lowest BCUT2D eigenvalue weighted by Crippen LogP contribution is -2.40. The molecule has 19 heavy (non-hydrogen) atoms. The van der Waals surface area contributed by atoms with Gasteiger partial charge in [0.2, 0.25) is 0 Å². The molecule has 1 heterocycles. The van der Waals surface area contributed by atoms with Gasteiger partial charge in [-0.25, -0.2) is 0 Å². The number of hydrogen-bond donors (Lipinski definition) is 1. The largest absolute Gasteiger partial charge is 0.481 e. The summed E-state index contributed by atoms with van der Waals surface area (Å²) in [5, 5.41) is 9.13. The number of hydrogen-bond acceptors (Lipinski definition) is 4. The molecule has 0 aliphatic carbocycles. The van der Waals surface area contributed by atoms with Crippen LogP contribution in [0.2, 0.25) is 0 Å². The fraction of sp³-hybridized carbons (Fsp3) is 0.846. The van der Waals surface area contributed by atoms with E-state index >= 15 is 0 Å². The molecule has 0 spiro atoms. The Balaban J connectivity index is 2.40. The van der Waals surface area contributed by atoms with Crippen LogP contribution in [0.5, 0.6) is 0 Å². The lowest BCUT2D eigenvalue weighted by atomic mass is 9.90. The maximum Gasteiger partial charge on any atom is 0.311 e. The van der Waals surface area contributed by atoms with Gasteiger partial charge in [-0.2, -0.15) is 0 Å². The second kappa shape index (κ2) is 6.86. The minimum atomic E-state index is -0.854. The fourth-order valence-electron chi connectivity index (χ4n) is 2.08. The van der Waals surface area contributed by atoms with Crippen molar-refractivity contribution in [2.45, 2.75) is 33.3 Å². The third-order valence-corrected chi connectivity index (χ3v) is 3.45. The standard InChI is InChI=1S/C13H23NO5/c1-4-18-7-8-19-10(2)11(15)14-6-5-13(3,9-14)12(16)17/h10H,4-9H2,1-3H3,(H,16,17). The first-order valence-electron chi connectivity index (χ1n) is 6.62. The zero-order chi connectivity index (χ0) is 14.5. The predicted octanol–water partition coefficient (Wildman–Crippen LogP) is 0.751. The number of carboxylic acid groups (broad SMARTS) is 1. The Morgan fingerprint density at radius 1 is 1.42 bits per heavy atom. The lowest BCUT2D eigenvalue weighted by Gasteiger charge is -2.23. The second-order valence-electron chi connectivity index (χ2n) is 5.09. The van der Waals surface area contributed by atoms with Crippen LogP contribution in [0.1, 0.15) is 27.2 Å². The molecule has 0 radical (unpaired) electrons. The quantitative estimate of drug-likeness (QED) is 0.693. The highest BCUT2D eigenvalue weighted by molar-refractivity contribution is 5.83. The second-order valence-corrected chi connectivity index (χ2v) is 5.09. The molecule has 0 aromatic carbocycles. The fourth-order valence-corrected chi connectivity index (χ4v) is 2.08. The minimum absolute atomic E-state index is 0.151. The first-order chi connectivity index (χ1) is 8.90. The van der Waals surface area contributed by atoms with E-state index in [0.717, 1.165) is 0 Å². The minimum Gasteiger partial charge on any atom is -0.481 e. The predicted molar refractivity (Wildman–Crippen MR) is 68.8 cm³/mol. The van der Waals surface area contributed by atoms with Gasteiger partial charge in [-0.3, -0.25) is 9.59 Å². The lowest BCUT2D eigenvalue weighted by molar-refractivity contribution is -0.148. The molecule has 1 fully saturated rings. The maximum atomic E-state index is 12.1. The summed E-state index contributed by atoms with van der Waals surface area (Å²) in [4.78, 5) is 24.8. The molecule has 1 saturated heterocycles. The zero-order valence-electron chi connectivity index (χ0n) is 11.8. The van der Waals surface area contributed by atoms with E-state index in [2.05, 4.69) is 0 Å². The summed E-state index contributed by atoms with van der Waals surface area (Å²) in [6.45, 7) is 7.42. The molecular formula is C13H23NO5. The summed E-state index contributed by atoms with van der Waals surface area (Å²) >= 11 is 0. The summed E-state index contributed by atoms with van der Waals surface area (Å²) in [6.07, 6.45) is -0.0729. The highest BCUT2D eigenvalue weighted by Gasteiger charge is 2.42. The van der Waals surface area contributed by atoms with E-state index in [0.29, 0.717) is 32.8 Å². The zero-order valence-corrected chi connectivity index (χ0v) is 11.8. The molecule has 1 aliphatic heterocycles. The van der Waals surface area contributed by atoms with Crippen molar-refractivity contribution in [3.05, 3.63) is 0 Å². The van der Waals surface area contributed by atoms with E-state index in [-0.39, 0.29) is 12.5 Å². The molecule has 0 bridgehead atoms. The molecule has 2 atom stereocenters. The molecule has 2 unspecified atom stereocenters. The molecule has 1 aliphatic rings. The number of amides is 1. The van der Waals surface area contributed by atoms with Crippen molar-refractivity contribution in [2.24, 2.45) is 5.41 Å². The summed E-state index contributed by atoms with van der Waals surface area (Å²) in [7, 11) is 0. The van der Waals surface area contributed by atoms with Crippen molar-refractivity contribution < 1.29 is 24.2 Å². The van der Waals surface area contributed by atoms with Crippen LogP contribution in [0.15, 0.2) is 0 Å². The van der Waals surface area contributed by atoms with Gasteiger partial charge in [0.15, 0.2) is 0 Å². The monoisotopic (exact) mass is 273 g/mol. The SMILES string of the molecule is CCOCCOC(C)C(=O)N1CCC(C)(C(=O)O)C1. The van der Waals surface area contributed by atoms with Crippen molar-refractivity contribution in [3.63, 3.8) is 0 Å². The van der Waals surface area contributed by atoms with Crippen molar-refractivity contribution in [1.82, 2.24) is 4.90 Å². The number of nitrogens with zero attached hydrogens (tertiary/aromatic N) is 1. The van der Waals surface area contributed by atoms with Gasteiger partial charge in [0.1, 0.15) is 6.10 Å². The van der Waals surface area contributed by atoms with Crippen molar-refractivity contribution in [1.29, 1.82) is 0 Å². The Hall–Kier alpha value is -1.14. The third kappa shape index (κ3) is 4.18. The van der Waals surface area contributed by atoms with Crippen LogP contribution < -0.4 is 0 Å². The van der Waals surface area contributed by atoms with Crippen LogP contribution in [-0.4, -0.2) is 60.9 Å². The van der Waals surface area contributed by atoms with Crippen LogP contribution in [0.25, 0.3) is 0 Å². The van der Waals surface area contributed by atoms with Gasteiger partial charge >= 0.3 is 5.97 Å². The summed E-state index contributed by atoms with van der Waals surface area (Å²) in [6, 6.07) is 0. The van der Waals surface area contributed by atoms with Gasteiger partial charge in [-0.15, -0.1) is 0 Å². The molecule has 1 rings (SSSR count). The molecular weight excluding hydrogens is 250 g/mol. The van der Waals surface area contributed by atoms with Crippen molar-refractivity contribution in [2.75, 3.05) is 32.9 Å². The number of carbonyl (C=O) groups is 2. The Morgan fingerprint density at radius 2 is 2.11 bits per heavy atom. The first-order valence-corrected chi connectivity index (χ1v) is 6.62. The van der Waals surface area contributed by atoms with Gasteiger partial charge in [0.25, 0.3) is 5.91 Å². The van der Waals surface area contributed by atoms with Crippen molar-refractivity contribution in [3.8, 4) is 0 Å². The molecule has 6 heteroatoms. The van der Waals surface area contributed by atoms with Gasteiger partial charge in [0.05, 0.1) is 18.6 Å². The first kappa shape index (κ1) is 15.9. The Kier molecular flexibility index (Phi) is 5.75. The normalized spacial score (nSPS) is 24.5. The third-order valence-electron chi connectivity index (χ3n) is 3.45. The maximum absolute atomic E-state index is 12.1. The van der Waals surface area contributed by atoms with Gasteiger partial charge < -0.3 is 19.5 Å². The summed E-state index contributed by atoms with van der Waals surface area (Å²) in [5.41, 5.74) is -0.833. The molecule has 0 aromatic rings. The van der Waals surface area contributed by atoms with E-state index in [4.69, 9.17) is 14.6 Å². The van der Waals surface area contributed by atoms with Crippen molar-refractivity contribution >= 4 is 11.9 Å². The van der Waals surface area contributed by atoms with Crippen LogP contribution >= 0.6 is 0 Å². The number of aliphatic carboxylic acids is 1. The van der Waals surface area contributed by atoms with E-state index in [1.807, 2.05) is 6.92 Å². The molecule has 110 valence electrons. The Bertz CT molecular complexity index is 333. The molecule has 0 aromatic heterocycles. The van der Waals surface area contributed by atoms with Crippen LogP contribution in [0.3, 0.4) is 0 Å². The number of rotatable bonds is 7. The van der Waals surface area contributed by atoms with Crippen LogP contribution in [-0.2, 0) is 19.1 Å². The summed E-state index contributed by atoms with van der Waals surface area (Å²) in [5.74, 6) is -1.01. The van der Waals surface area contributed by atoms with E-state index in [9.17, 15) is 9.59 Å². The molecule has 6 nitrogen and oxygen atoms in total. The number of ether oxygens (including phenoxy) is 2. The summed E-state index contributed by atoms with van der Waals surface area (Å²) < 4.78 is 10.5. The van der Waals surface area contributed by atoms with E-state index in [1.54, 1.807) is 18.7 Å². The molecule has 1 N–H and O–H groups in total. The smallest absolute Gasteiger partial charge is 0.311 e. The van der Waals surface area contributed by atoms with Crippen LogP contribution in [0.4, 0.5) is 0 Å². The van der Waals surface area contributed by atoms with E-state index in [1.165, 1.54) is 0 Å². The Morgan fingerprint density at radius 3 is 2.63 bits per heavy atom. The Labute approximate surface area is 113 Å². The topological polar surface area (TPSA) is 76.1 Å². The average Bonchev–Trinajstić information content (AvgIpc) is 2.77. The van der Waals surface area contributed by atoms with Gasteiger partial charge in [0, 0.05) is 19.7 Å². The van der Waals surface area contributed by atoms with Crippen LogP contribution in [0, 0.1) is 5.41 Å². The highest BCUT2D eigenvalue weighted by atomic mass is 16.5. The van der Waals surface area contributed by atoms with E-state index < -0.39 is 17.5 Å². The van der Waals surface area contributed by atoms with Gasteiger partial charge in [-0.1, -0.05) is 0 Å². The van der Waals surface area contributed by atoms with Gasteiger partial charge in [-0.05, 0) is 27.2 Å².